The number of hydrogen-bond donors (Lipinski definition) is 2. The van der Waals surface area contributed by atoms with Crippen molar-refractivity contribution in [2.45, 2.75) is 19.4 Å². The third-order valence-electron chi connectivity index (χ3n) is 2.51. The molecule has 0 aliphatic carbocycles. The van der Waals surface area contributed by atoms with Crippen LogP contribution in [0.15, 0.2) is 18.2 Å². The molecule has 14 heavy (non-hydrogen) atoms. The summed E-state index contributed by atoms with van der Waals surface area (Å²) >= 11 is 0. The molecule has 1 atom stereocenters. The summed E-state index contributed by atoms with van der Waals surface area (Å²) in [6.07, 6.45) is 0.989. The topological polar surface area (TPSA) is 47.3 Å². The van der Waals surface area contributed by atoms with Crippen molar-refractivity contribution in [1.29, 1.82) is 0 Å². The van der Waals surface area contributed by atoms with E-state index in [1.807, 2.05) is 19.1 Å². The van der Waals surface area contributed by atoms with Crippen LogP contribution in [0.4, 0.5) is 5.69 Å². The Balaban J connectivity index is 2.39. The van der Waals surface area contributed by atoms with Gasteiger partial charge in [-0.05, 0) is 25.0 Å². The molecule has 0 amide bonds. The van der Waals surface area contributed by atoms with Crippen molar-refractivity contribution in [3.63, 3.8) is 0 Å². The van der Waals surface area contributed by atoms with E-state index >= 15 is 0 Å². The summed E-state index contributed by atoms with van der Waals surface area (Å²) in [4.78, 5) is 0. The Morgan fingerprint density at radius 2 is 2.43 bits per heavy atom. The number of rotatable bonds is 2. The summed E-state index contributed by atoms with van der Waals surface area (Å²) in [5.41, 5.74) is 8.26. The predicted octanol–water partition coefficient (Wildman–Crippen LogP) is 1.90. The van der Waals surface area contributed by atoms with Crippen molar-refractivity contribution in [3.8, 4) is 5.75 Å². The minimum Gasteiger partial charge on any atom is -0.492 e. The van der Waals surface area contributed by atoms with Gasteiger partial charge in [0.15, 0.2) is 0 Å². The molecule has 1 aliphatic rings. The number of nitrogens with two attached hydrogens (primary N) is 1. The summed E-state index contributed by atoms with van der Waals surface area (Å²) in [5, 5.41) is 3.34. The van der Waals surface area contributed by atoms with Crippen LogP contribution in [-0.2, 0) is 0 Å². The van der Waals surface area contributed by atoms with Crippen molar-refractivity contribution < 1.29 is 4.74 Å². The Morgan fingerprint density at radius 3 is 3.21 bits per heavy atom. The van der Waals surface area contributed by atoms with Crippen molar-refractivity contribution in [3.05, 3.63) is 23.8 Å². The quantitative estimate of drug-likeness (QED) is 0.752. The van der Waals surface area contributed by atoms with Crippen LogP contribution in [-0.4, -0.2) is 13.2 Å². The summed E-state index contributed by atoms with van der Waals surface area (Å²) in [5.74, 6) is 0.917. The van der Waals surface area contributed by atoms with Crippen molar-refractivity contribution in [2.75, 3.05) is 18.5 Å². The molecule has 1 aromatic carbocycles. The second-order valence-corrected chi connectivity index (χ2v) is 3.48. The normalized spacial score (nSPS) is 19.7. The fourth-order valence-corrected chi connectivity index (χ4v) is 1.83. The van der Waals surface area contributed by atoms with Crippen molar-refractivity contribution in [1.82, 2.24) is 0 Å². The second kappa shape index (κ2) is 3.88. The number of ether oxygens (including phenoxy) is 1. The van der Waals surface area contributed by atoms with Crippen LogP contribution in [0.1, 0.15) is 24.9 Å². The summed E-state index contributed by atoms with van der Waals surface area (Å²) in [6, 6.07) is 6.19. The third-order valence-corrected chi connectivity index (χ3v) is 2.51. The molecule has 0 spiro atoms. The molecule has 0 bridgehead atoms. The average Bonchev–Trinajstić information content (AvgIpc) is 2.20. The molecule has 0 saturated heterocycles. The van der Waals surface area contributed by atoms with Crippen LogP contribution >= 0.6 is 0 Å². The molecule has 3 nitrogen and oxygen atoms in total. The molecule has 1 unspecified atom stereocenters. The Morgan fingerprint density at radius 1 is 1.57 bits per heavy atom. The van der Waals surface area contributed by atoms with Gasteiger partial charge in [-0.25, -0.2) is 0 Å². The third kappa shape index (κ3) is 1.55. The van der Waals surface area contributed by atoms with E-state index in [1.165, 1.54) is 5.56 Å². The van der Waals surface area contributed by atoms with Crippen LogP contribution in [0.2, 0.25) is 0 Å². The van der Waals surface area contributed by atoms with Crippen LogP contribution < -0.4 is 15.8 Å². The maximum Gasteiger partial charge on any atom is 0.142 e. The van der Waals surface area contributed by atoms with Gasteiger partial charge in [0.05, 0.1) is 12.3 Å². The van der Waals surface area contributed by atoms with E-state index in [0.29, 0.717) is 6.61 Å². The zero-order chi connectivity index (χ0) is 9.97. The Kier molecular flexibility index (Phi) is 2.59. The minimum atomic E-state index is 0.145. The molecular weight excluding hydrogens is 176 g/mol. The number of hydrogen-bond acceptors (Lipinski definition) is 3. The van der Waals surface area contributed by atoms with Gasteiger partial charge in [0.25, 0.3) is 0 Å². The zero-order valence-corrected chi connectivity index (χ0v) is 8.42. The van der Waals surface area contributed by atoms with Gasteiger partial charge in [0.2, 0.25) is 0 Å². The molecule has 0 saturated carbocycles. The lowest BCUT2D eigenvalue weighted by Gasteiger charge is -2.25. The highest BCUT2D eigenvalue weighted by Gasteiger charge is 2.18. The molecule has 3 heteroatoms. The lowest BCUT2D eigenvalue weighted by Crippen LogP contribution is -2.22. The highest BCUT2D eigenvalue weighted by atomic mass is 16.5. The van der Waals surface area contributed by atoms with Crippen LogP contribution in [0.5, 0.6) is 5.75 Å². The van der Waals surface area contributed by atoms with Gasteiger partial charge in [-0.15, -0.1) is 0 Å². The van der Waals surface area contributed by atoms with E-state index in [1.54, 1.807) is 0 Å². The first-order chi connectivity index (χ1) is 6.83. The lowest BCUT2D eigenvalue weighted by molar-refractivity contribution is 0.340. The average molecular weight is 192 g/mol. The van der Waals surface area contributed by atoms with Crippen LogP contribution in [0.25, 0.3) is 0 Å². The van der Waals surface area contributed by atoms with Gasteiger partial charge < -0.3 is 15.8 Å². The zero-order valence-electron chi connectivity index (χ0n) is 8.42. The van der Waals surface area contributed by atoms with Crippen LogP contribution in [0.3, 0.4) is 0 Å². The SMILES string of the molecule is CCOc1cccc2c1NCCC2N. The number of anilines is 1. The maximum absolute atomic E-state index is 6.02. The molecule has 3 N–H and O–H groups in total. The first-order valence-electron chi connectivity index (χ1n) is 5.08. The monoisotopic (exact) mass is 192 g/mol. The molecule has 1 heterocycles. The largest absolute Gasteiger partial charge is 0.492 e. The maximum atomic E-state index is 6.02. The number of benzene rings is 1. The highest BCUT2D eigenvalue weighted by Crippen LogP contribution is 2.35. The fraction of sp³-hybridized carbons (Fsp3) is 0.455. The van der Waals surface area contributed by atoms with Gasteiger partial charge in [-0.3, -0.25) is 0 Å². The van der Waals surface area contributed by atoms with E-state index < -0.39 is 0 Å². The Bertz CT molecular complexity index is 325. The first-order valence-corrected chi connectivity index (χ1v) is 5.08. The van der Waals surface area contributed by atoms with E-state index in [4.69, 9.17) is 10.5 Å². The van der Waals surface area contributed by atoms with Gasteiger partial charge in [-0.1, -0.05) is 12.1 Å². The minimum absolute atomic E-state index is 0.145. The van der Waals surface area contributed by atoms with Gasteiger partial charge >= 0.3 is 0 Å². The molecule has 0 aromatic heterocycles. The van der Waals surface area contributed by atoms with Gasteiger partial charge in [0, 0.05) is 12.6 Å². The van der Waals surface area contributed by atoms with Crippen molar-refractivity contribution in [2.24, 2.45) is 5.73 Å². The highest BCUT2D eigenvalue weighted by molar-refractivity contribution is 5.64. The summed E-state index contributed by atoms with van der Waals surface area (Å²) in [7, 11) is 0. The van der Waals surface area contributed by atoms with Crippen molar-refractivity contribution >= 4 is 5.69 Å². The van der Waals surface area contributed by atoms with E-state index in [0.717, 1.165) is 24.4 Å². The molecule has 76 valence electrons. The molecule has 2 rings (SSSR count). The smallest absolute Gasteiger partial charge is 0.142 e. The first kappa shape index (κ1) is 9.34. The molecule has 1 aliphatic heterocycles. The Labute approximate surface area is 84.3 Å². The van der Waals surface area contributed by atoms with Crippen LogP contribution in [0, 0.1) is 0 Å². The molecule has 1 aromatic rings. The fourth-order valence-electron chi connectivity index (χ4n) is 1.83. The lowest BCUT2D eigenvalue weighted by atomic mass is 9.98. The predicted molar refractivity (Wildman–Crippen MR) is 57.6 cm³/mol. The summed E-state index contributed by atoms with van der Waals surface area (Å²) < 4.78 is 5.53. The van der Waals surface area contributed by atoms with E-state index in [-0.39, 0.29) is 6.04 Å². The number of fused-ring (bicyclic) bond motifs is 1. The molecular formula is C11H16N2O. The van der Waals surface area contributed by atoms with E-state index in [2.05, 4.69) is 11.4 Å². The van der Waals surface area contributed by atoms with Gasteiger partial charge in [-0.2, -0.15) is 0 Å². The molecule has 0 fully saturated rings. The van der Waals surface area contributed by atoms with Gasteiger partial charge in [0.1, 0.15) is 5.75 Å². The standard InChI is InChI=1S/C11H16N2O/c1-2-14-10-5-3-4-8-9(12)6-7-13-11(8)10/h3-5,9,13H,2,6-7,12H2,1H3. The molecule has 0 radical (unpaired) electrons. The van der Waals surface area contributed by atoms with E-state index in [9.17, 15) is 0 Å². The Hall–Kier alpha value is -1.22. The second-order valence-electron chi connectivity index (χ2n) is 3.48. The summed E-state index contributed by atoms with van der Waals surface area (Å²) in [6.45, 7) is 3.60. The number of nitrogens with one attached hydrogen (secondary N) is 1. The number of para-hydroxylation sites is 1.